The van der Waals surface area contributed by atoms with Crippen molar-refractivity contribution in [1.29, 1.82) is 0 Å². The average Bonchev–Trinajstić information content (AvgIpc) is 4.21. The molecule has 0 unspecified atom stereocenters. The number of para-hydroxylation sites is 1. The number of benzene rings is 11. The molecule has 11 aromatic carbocycles. The van der Waals surface area contributed by atoms with Gasteiger partial charge in [0.2, 0.25) is 0 Å². The van der Waals surface area contributed by atoms with E-state index in [1.54, 1.807) is 0 Å². The van der Waals surface area contributed by atoms with E-state index >= 15 is 0 Å². The third-order valence-electron chi connectivity index (χ3n) is 16.2. The van der Waals surface area contributed by atoms with E-state index in [4.69, 9.17) is 8.83 Å². The van der Waals surface area contributed by atoms with Gasteiger partial charge in [-0.15, -0.1) is 0 Å². The smallest absolute Gasteiger partial charge is 0.144 e. The molecule has 0 aliphatic heterocycles. The third-order valence-corrected chi connectivity index (χ3v) is 16.2. The van der Waals surface area contributed by atoms with Gasteiger partial charge in [0.15, 0.2) is 0 Å². The van der Waals surface area contributed by atoms with Crippen LogP contribution in [0.1, 0.15) is 47.2 Å². The fraction of sp³-hybridized carbons (Fsp3) is 0.0571. The number of fused-ring (bicyclic) bond motifs is 12. The van der Waals surface area contributed by atoms with E-state index in [9.17, 15) is 0 Å². The van der Waals surface area contributed by atoms with Gasteiger partial charge in [-0.3, -0.25) is 0 Å². The fourth-order valence-electron chi connectivity index (χ4n) is 12.9. The quantitative estimate of drug-likeness (QED) is 0.159. The second kappa shape index (κ2) is 15.7. The standard InChI is InChI=1S/C70H47NO2/c1-69(2)57-28-15-12-25-51(57)53-39-35-46(41-59(53)69)65-67-55-27-14-17-31-62(55)72-64(67)43-56-66-61(30-18-32-63(66)73-68(56)65)71(49-36-33-45(34-37-49)44-19-6-3-7-20-44)50-38-40-54-52-26-13-16-29-58(52)70(60(54)42-50,47-21-8-4-9-22-47)48-23-10-5-11-24-48/h3-43H,1-2H3. The third kappa shape index (κ3) is 5.94. The molecule has 0 bridgehead atoms. The van der Waals surface area contributed by atoms with Gasteiger partial charge >= 0.3 is 0 Å². The van der Waals surface area contributed by atoms with Crippen LogP contribution in [0.2, 0.25) is 0 Å². The minimum atomic E-state index is -0.574. The summed E-state index contributed by atoms with van der Waals surface area (Å²) in [5.74, 6) is 0. The minimum absolute atomic E-state index is 0.180. The summed E-state index contributed by atoms with van der Waals surface area (Å²) in [7, 11) is 0. The number of furan rings is 2. The maximum atomic E-state index is 7.33. The number of nitrogens with zero attached hydrogens (tertiary/aromatic N) is 1. The number of hydrogen-bond acceptors (Lipinski definition) is 3. The van der Waals surface area contributed by atoms with Crippen LogP contribution in [0.4, 0.5) is 17.1 Å². The SMILES string of the molecule is CC1(C)c2ccccc2-c2ccc(-c3c4oc5cccc(N(c6ccc(-c7ccccc7)cc6)c6ccc7c(c6)C(c6ccccc6)(c6ccccc6)c6ccccc6-7)c5c4cc4oc5ccccc5c34)cc21. The summed E-state index contributed by atoms with van der Waals surface area (Å²) >= 11 is 0. The van der Waals surface area contributed by atoms with Gasteiger partial charge in [-0.2, -0.15) is 0 Å². The molecule has 13 aromatic rings. The molecule has 0 N–H and O–H groups in total. The summed E-state index contributed by atoms with van der Waals surface area (Å²) < 4.78 is 14.2. The maximum absolute atomic E-state index is 7.33. The Morgan fingerprint density at radius 2 is 0.904 bits per heavy atom. The van der Waals surface area contributed by atoms with Gasteiger partial charge in [0.05, 0.1) is 16.5 Å². The zero-order valence-corrected chi connectivity index (χ0v) is 40.4. The largest absolute Gasteiger partial charge is 0.456 e. The molecule has 0 atom stereocenters. The molecule has 0 radical (unpaired) electrons. The van der Waals surface area contributed by atoms with Gasteiger partial charge < -0.3 is 13.7 Å². The van der Waals surface area contributed by atoms with Gasteiger partial charge in [0.25, 0.3) is 0 Å². The fourth-order valence-corrected chi connectivity index (χ4v) is 12.9. The molecule has 0 saturated carbocycles. The Hall–Kier alpha value is -9.18. The van der Waals surface area contributed by atoms with Crippen molar-refractivity contribution in [2.24, 2.45) is 0 Å². The molecule has 0 amide bonds. The van der Waals surface area contributed by atoms with Crippen LogP contribution in [0, 0.1) is 0 Å². The van der Waals surface area contributed by atoms with E-state index < -0.39 is 5.41 Å². The van der Waals surface area contributed by atoms with E-state index in [2.05, 4.69) is 267 Å². The molecule has 15 rings (SSSR count). The topological polar surface area (TPSA) is 29.5 Å². The highest BCUT2D eigenvalue weighted by Crippen LogP contribution is 2.58. The van der Waals surface area contributed by atoms with Crippen molar-refractivity contribution in [2.45, 2.75) is 24.7 Å². The molecular formula is C70H47NO2. The van der Waals surface area contributed by atoms with Crippen molar-refractivity contribution in [3.63, 3.8) is 0 Å². The first-order valence-electron chi connectivity index (χ1n) is 25.3. The van der Waals surface area contributed by atoms with Crippen molar-refractivity contribution < 1.29 is 8.83 Å². The normalized spacial score (nSPS) is 13.8. The van der Waals surface area contributed by atoms with Crippen LogP contribution < -0.4 is 4.90 Å². The lowest BCUT2D eigenvalue weighted by molar-refractivity contribution is 0.660. The highest BCUT2D eigenvalue weighted by molar-refractivity contribution is 6.25. The number of rotatable bonds is 7. The number of hydrogen-bond donors (Lipinski definition) is 0. The van der Waals surface area contributed by atoms with Gasteiger partial charge in [-0.25, -0.2) is 0 Å². The lowest BCUT2D eigenvalue weighted by Crippen LogP contribution is -2.28. The predicted molar refractivity (Wildman–Crippen MR) is 301 cm³/mol. The zero-order chi connectivity index (χ0) is 48.4. The summed E-state index contributed by atoms with van der Waals surface area (Å²) in [4.78, 5) is 2.44. The molecule has 2 aromatic heterocycles. The summed E-state index contributed by atoms with van der Waals surface area (Å²) in [6, 6.07) is 90.8. The van der Waals surface area contributed by atoms with E-state index in [0.29, 0.717) is 0 Å². The molecule has 2 aliphatic carbocycles. The summed E-state index contributed by atoms with van der Waals surface area (Å²) in [5, 5.41) is 4.14. The van der Waals surface area contributed by atoms with Crippen LogP contribution in [0.25, 0.3) is 88.4 Å². The molecule has 3 heteroatoms. The minimum Gasteiger partial charge on any atom is -0.456 e. The van der Waals surface area contributed by atoms with Gasteiger partial charge in [-0.1, -0.05) is 208 Å². The Morgan fingerprint density at radius 3 is 1.66 bits per heavy atom. The summed E-state index contributed by atoms with van der Waals surface area (Å²) in [6.45, 7) is 4.70. The van der Waals surface area contributed by atoms with Crippen LogP contribution in [0.5, 0.6) is 0 Å². The first-order chi connectivity index (χ1) is 36.0. The van der Waals surface area contributed by atoms with Crippen molar-refractivity contribution in [3.05, 3.63) is 282 Å². The Kier molecular flexibility index (Phi) is 8.92. The van der Waals surface area contributed by atoms with Gasteiger partial charge in [0, 0.05) is 38.5 Å². The highest BCUT2D eigenvalue weighted by atomic mass is 16.3. The second-order valence-corrected chi connectivity index (χ2v) is 20.3. The van der Waals surface area contributed by atoms with Crippen molar-refractivity contribution in [1.82, 2.24) is 0 Å². The molecule has 73 heavy (non-hydrogen) atoms. The molecule has 0 saturated heterocycles. The molecule has 0 fully saturated rings. The lowest BCUT2D eigenvalue weighted by atomic mass is 9.67. The Bertz CT molecular complexity index is 4290. The van der Waals surface area contributed by atoms with E-state index in [-0.39, 0.29) is 5.41 Å². The molecule has 0 spiro atoms. The van der Waals surface area contributed by atoms with Crippen LogP contribution >= 0.6 is 0 Å². The predicted octanol–water partition coefficient (Wildman–Crippen LogP) is 19.0. The Labute approximate surface area is 423 Å². The lowest BCUT2D eigenvalue weighted by Gasteiger charge is -2.35. The highest BCUT2D eigenvalue weighted by Gasteiger charge is 2.46. The molecular weight excluding hydrogens is 887 g/mol. The second-order valence-electron chi connectivity index (χ2n) is 20.3. The van der Waals surface area contributed by atoms with Gasteiger partial charge in [-0.05, 0) is 127 Å². The van der Waals surface area contributed by atoms with Crippen LogP contribution in [-0.2, 0) is 10.8 Å². The molecule has 2 aliphatic rings. The molecule has 3 nitrogen and oxygen atoms in total. The van der Waals surface area contributed by atoms with E-state index in [1.807, 2.05) is 0 Å². The molecule has 2 heterocycles. The first-order valence-corrected chi connectivity index (χ1v) is 25.3. The average molecular weight is 934 g/mol. The molecule has 344 valence electrons. The first kappa shape index (κ1) is 41.6. The maximum Gasteiger partial charge on any atom is 0.144 e. The van der Waals surface area contributed by atoms with Gasteiger partial charge in [0.1, 0.15) is 22.3 Å². The van der Waals surface area contributed by atoms with Crippen molar-refractivity contribution in [2.75, 3.05) is 4.90 Å². The summed E-state index contributed by atoms with van der Waals surface area (Å²) in [6.07, 6.45) is 0. The monoisotopic (exact) mass is 933 g/mol. The summed E-state index contributed by atoms with van der Waals surface area (Å²) in [5.41, 5.74) is 22.9. The van der Waals surface area contributed by atoms with E-state index in [1.165, 1.54) is 61.2 Å². The zero-order valence-electron chi connectivity index (χ0n) is 40.4. The van der Waals surface area contributed by atoms with Crippen LogP contribution in [0.15, 0.2) is 258 Å². The Balaban J connectivity index is 1.01. The number of anilines is 3. The van der Waals surface area contributed by atoms with Crippen molar-refractivity contribution in [3.8, 4) is 44.5 Å². The van der Waals surface area contributed by atoms with E-state index in [0.717, 1.165) is 77.6 Å². The Morgan fingerprint density at radius 1 is 0.342 bits per heavy atom. The van der Waals surface area contributed by atoms with Crippen molar-refractivity contribution >= 4 is 60.9 Å². The van der Waals surface area contributed by atoms with Crippen LogP contribution in [-0.4, -0.2) is 0 Å². The van der Waals surface area contributed by atoms with Crippen LogP contribution in [0.3, 0.4) is 0 Å².